The summed E-state index contributed by atoms with van der Waals surface area (Å²) >= 11 is 0. The van der Waals surface area contributed by atoms with Crippen LogP contribution in [0, 0.1) is 0 Å². The van der Waals surface area contributed by atoms with Crippen LogP contribution in [0.2, 0.25) is 0 Å². The lowest BCUT2D eigenvalue weighted by Crippen LogP contribution is -2.41. The van der Waals surface area contributed by atoms with Gasteiger partial charge in [0.2, 0.25) is 0 Å². The molecule has 0 aliphatic rings. The second kappa shape index (κ2) is 13.9. The van der Waals surface area contributed by atoms with E-state index in [0.29, 0.717) is 12.1 Å². The third-order valence-corrected chi connectivity index (χ3v) is 4.08. The molecule has 0 saturated carbocycles. The van der Waals surface area contributed by atoms with Gasteiger partial charge in [0, 0.05) is 25.2 Å². The summed E-state index contributed by atoms with van der Waals surface area (Å²) in [7, 11) is 0. The van der Waals surface area contributed by atoms with E-state index in [9.17, 15) is 0 Å². The summed E-state index contributed by atoms with van der Waals surface area (Å²) in [4.78, 5) is 2.56. The van der Waals surface area contributed by atoms with E-state index >= 15 is 0 Å². The Labute approximate surface area is 128 Å². The topological polar surface area (TPSA) is 15.3 Å². The third kappa shape index (κ3) is 11.7. The van der Waals surface area contributed by atoms with Gasteiger partial charge in [-0.3, -0.25) is 4.90 Å². The maximum Gasteiger partial charge on any atom is 0.0112 e. The Morgan fingerprint density at radius 1 is 0.700 bits per heavy atom. The van der Waals surface area contributed by atoms with E-state index in [0.717, 1.165) is 6.54 Å². The Morgan fingerprint density at radius 3 is 1.70 bits per heavy atom. The first kappa shape index (κ1) is 19.9. The zero-order valence-corrected chi connectivity index (χ0v) is 14.9. The van der Waals surface area contributed by atoms with Gasteiger partial charge in [-0.05, 0) is 40.7 Å². The molecule has 20 heavy (non-hydrogen) atoms. The number of hydrogen-bond acceptors (Lipinski definition) is 2. The molecule has 1 N–H and O–H groups in total. The Bertz CT molecular complexity index is 182. The van der Waals surface area contributed by atoms with Crippen molar-refractivity contribution >= 4 is 0 Å². The second-order valence-electron chi connectivity index (χ2n) is 6.65. The van der Waals surface area contributed by atoms with Crippen LogP contribution in [0.1, 0.15) is 86.0 Å². The van der Waals surface area contributed by atoms with E-state index in [2.05, 4.69) is 44.8 Å². The number of nitrogens with zero attached hydrogens (tertiary/aromatic N) is 1. The molecule has 0 atom stereocenters. The van der Waals surface area contributed by atoms with Crippen LogP contribution in [0.5, 0.6) is 0 Å². The predicted molar refractivity (Wildman–Crippen MR) is 92.5 cm³/mol. The van der Waals surface area contributed by atoms with Crippen LogP contribution in [0.4, 0.5) is 0 Å². The molecule has 0 aromatic rings. The van der Waals surface area contributed by atoms with Crippen molar-refractivity contribution < 1.29 is 0 Å². The predicted octanol–water partition coefficient (Wildman–Crippen LogP) is 4.84. The maximum absolute atomic E-state index is 3.60. The highest BCUT2D eigenvalue weighted by molar-refractivity contribution is 4.68. The van der Waals surface area contributed by atoms with Crippen LogP contribution in [-0.2, 0) is 0 Å². The van der Waals surface area contributed by atoms with E-state index in [1.807, 2.05) is 0 Å². The Kier molecular flexibility index (Phi) is 13.8. The zero-order chi connectivity index (χ0) is 15.2. The van der Waals surface area contributed by atoms with Crippen molar-refractivity contribution in [1.82, 2.24) is 10.2 Å². The molecule has 0 rings (SSSR count). The van der Waals surface area contributed by atoms with Crippen molar-refractivity contribution in [3.05, 3.63) is 0 Å². The molecule has 0 amide bonds. The van der Waals surface area contributed by atoms with Crippen LogP contribution in [0.15, 0.2) is 0 Å². The average molecular weight is 285 g/mol. The molecule has 2 nitrogen and oxygen atoms in total. The minimum absolute atomic E-state index is 0.653. The summed E-state index contributed by atoms with van der Waals surface area (Å²) in [5.41, 5.74) is 0. The molecule has 0 bridgehead atoms. The highest BCUT2D eigenvalue weighted by Crippen LogP contribution is 2.08. The molecule has 0 aromatic heterocycles. The van der Waals surface area contributed by atoms with Crippen LogP contribution in [0.3, 0.4) is 0 Å². The van der Waals surface area contributed by atoms with Crippen molar-refractivity contribution in [2.24, 2.45) is 0 Å². The molecule has 0 fully saturated rings. The Hall–Kier alpha value is -0.0800. The van der Waals surface area contributed by atoms with Gasteiger partial charge in [0.05, 0.1) is 0 Å². The van der Waals surface area contributed by atoms with E-state index in [1.165, 1.54) is 64.5 Å². The normalized spacial score (nSPS) is 12.0. The van der Waals surface area contributed by atoms with Gasteiger partial charge in [0.1, 0.15) is 0 Å². The van der Waals surface area contributed by atoms with E-state index in [1.54, 1.807) is 0 Å². The lowest BCUT2D eigenvalue weighted by Gasteiger charge is -2.30. The van der Waals surface area contributed by atoms with Crippen LogP contribution >= 0.6 is 0 Å². The second-order valence-corrected chi connectivity index (χ2v) is 6.65. The third-order valence-electron chi connectivity index (χ3n) is 4.08. The van der Waals surface area contributed by atoms with Gasteiger partial charge in [0.25, 0.3) is 0 Å². The lowest BCUT2D eigenvalue weighted by atomic mass is 10.1. The first-order valence-corrected chi connectivity index (χ1v) is 9.06. The fourth-order valence-electron chi connectivity index (χ4n) is 2.83. The highest BCUT2D eigenvalue weighted by atomic mass is 15.2. The van der Waals surface area contributed by atoms with Crippen molar-refractivity contribution in [1.29, 1.82) is 0 Å². The van der Waals surface area contributed by atoms with Crippen molar-refractivity contribution in [3.8, 4) is 0 Å². The fraction of sp³-hybridized carbons (Fsp3) is 1.00. The highest BCUT2D eigenvalue weighted by Gasteiger charge is 2.11. The van der Waals surface area contributed by atoms with Gasteiger partial charge in [-0.1, -0.05) is 51.9 Å². The first-order chi connectivity index (χ1) is 9.59. The van der Waals surface area contributed by atoms with Crippen molar-refractivity contribution in [2.45, 2.75) is 98.1 Å². The van der Waals surface area contributed by atoms with Crippen LogP contribution in [-0.4, -0.2) is 36.6 Å². The maximum atomic E-state index is 3.60. The Morgan fingerprint density at radius 2 is 1.20 bits per heavy atom. The summed E-state index contributed by atoms with van der Waals surface area (Å²) in [5, 5.41) is 3.60. The number of rotatable bonds is 14. The van der Waals surface area contributed by atoms with Crippen molar-refractivity contribution in [2.75, 3.05) is 19.6 Å². The first-order valence-electron chi connectivity index (χ1n) is 9.06. The fourth-order valence-corrected chi connectivity index (χ4v) is 2.83. The summed E-state index contributed by atoms with van der Waals surface area (Å²) in [5.74, 6) is 0. The molecule has 0 radical (unpaired) electrons. The molecule has 0 aliphatic carbocycles. The molecule has 0 saturated heterocycles. The zero-order valence-electron chi connectivity index (χ0n) is 14.9. The van der Waals surface area contributed by atoms with Crippen LogP contribution in [0.25, 0.3) is 0 Å². The van der Waals surface area contributed by atoms with E-state index in [-0.39, 0.29) is 0 Å². The van der Waals surface area contributed by atoms with E-state index < -0.39 is 0 Å². The molecule has 0 spiro atoms. The molecule has 122 valence electrons. The van der Waals surface area contributed by atoms with Gasteiger partial charge in [-0.2, -0.15) is 0 Å². The SMILES string of the molecule is CCCCCCCCCCNCCN(C(C)C)C(C)C. The standard InChI is InChI=1S/C18H40N2/c1-6-7-8-9-10-11-12-13-14-19-15-16-20(17(2)3)18(4)5/h17-19H,6-16H2,1-5H3. The summed E-state index contributed by atoms with van der Waals surface area (Å²) < 4.78 is 0. The van der Waals surface area contributed by atoms with Gasteiger partial charge < -0.3 is 5.32 Å². The van der Waals surface area contributed by atoms with Gasteiger partial charge >= 0.3 is 0 Å². The molecule has 0 aliphatic heterocycles. The van der Waals surface area contributed by atoms with Gasteiger partial charge in [0.15, 0.2) is 0 Å². The number of nitrogens with one attached hydrogen (secondary N) is 1. The summed E-state index contributed by atoms with van der Waals surface area (Å²) in [6, 6.07) is 1.31. The van der Waals surface area contributed by atoms with E-state index in [4.69, 9.17) is 0 Å². The summed E-state index contributed by atoms with van der Waals surface area (Å²) in [6.07, 6.45) is 11.3. The summed E-state index contributed by atoms with van der Waals surface area (Å²) in [6.45, 7) is 14.9. The van der Waals surface area contributed by atoms with Gasteiger partial charge in [-0.25, -0.2) is 0 Å². The molecular weight excluding hydrogens is 244 g/mol. The minimum atomic E-state index is 0.653. The molecular formula is C18H40N2. The minimum Gasteiger partial charge on any atom is -0.315 e. The molecule has 0 heterocycles. The van der Waals surface area contributed by atoms with Crippen molar-refractivity contribution in [3.63, 3.8) is 0 Å². The average Bonchev–Trinajstić information content (AvgIpc) is 2.39. The number of hydrogen-bond donors (Lipinski definition) is 1. The monoisotopic (exact) mass is 284 g/mol. The lowest BCUT2D eigenvalue weighted by molar-refractivity contribution is 0.176. The Balaban J connectivity index is 3.27. The quantitative estimate of drug-likeness (QED) is 0.459. The van der Waals surface area contributed by atoms with Crippen LogP contribution < -0.4 is 5.32 Å². The smallest absolute Gasteiger partial charge is 0.0112 e. The molecule has 0 aromatic carbocycles. The number of unbranched alkanes of at least 4 members (excludes halogenated alkanes) is 7. The largest absolute Gasteiger partial charge is 0.315 e. The molecule has 0 unspecified atom stereocenters. The van der Waals surface area contributed by atoms with Gasteiger partial charge in [-0.15, -0.1) is 0 Å². The molecule has 2 heteroatoms.